The average Bonchev–Trinajstić information content (AvgIpc) is 2.83. The van der Waals surface area contributed by atoms with Crippen LogP contribution in [0.15, 0.2) is 22.8 Å². The van der Waals surface area contributed by atoms with Gasteiger partial charge in [-0.2, -0.15) is 0 Å². The monoisotopic (exact) mass is 331 g/mol. The summed E-state index contributed by atoms with van der Waals surface area (Å²) in [6, 6.07) is 3.72. The molecule has 130 valence electrons. The Kier molecular flexibility index (Phi) is 4.48. The lowest BCUT2D eigenvalue weighted by Gasteiger charge is -2.27. The molecule has 2 aromatic rings. The van der Waals surface area contributed by atoms with Gasteiger partial charge in [-0.15, -0.1) is 0 Å². The lowest BCUT2D eigenvalue weighted by Crippen LogP contribution is -2.17. The zero-order valence-corrected chi connectivity index (χ0v) is 15.1. The number of hydrogen-bond donors (Lipinski definition) is 2. The Morgan fingerprint density at radius 2 is 1.58 bits per heavy atom. The molecule has 0 unspecified atom stereocenters. The van der Waals surface area contributed by atoms with Gasteiger partial charge in [0, 0.05) is 16.7 Å². The molecule has 1 aromatic carbocycles. The van der Waals surface area contributed by atoms with Crippen molar-refractivity contribution in [3.8, 4) is 17.2 Å². The van der Waals surface area contributed by atoms with E-state index in [1.54, 1.807) is 0 Å². The van der Waals surface area contributed by atoms with E-state index in [1.807, 2.05) is 53.7 Å². The first kappa shape index (κ1) is 18.0. The van der Waals surface area contributed by atoms with Crippen molar-refractivity contribution in [2.45, 2.75) is 58.8 Å². The predicted octanol–water partition coefficient (Wildman–Crippen LogP) is 4.27. The molecule has 24 heavy (non-hydrogen) atoms. The molecule has 2 rings (SSSR count). The minimum atomic E-state index is -0.952. The summed E-state index contributed by atoms with van der Waals surface area (Å²) < 4.78 is 5.47. The van der Waals surface area contributed by atoms with E-state index in [4.69, 9.17) is 9.52 Å². The Morgan fingerprint density at radius 3 is 2.00 bits per heavy atom. The maximum Gasteiger partial charge on any atom is 0.309 e. The smallest absolute Gasteiger partial charge is 0.309 e. The number of hydrogen-bond acceptors (Lipinski definition) is 4. The van der Waals surface area contributed by atoms with E-state index in [1.165, 1.54) is 6.26 Å². The van der Waals surface area contributed by atoms with Gasteiger partial charge in [0.25, 0.3) is 0 Å². The fraction of sp³-hybridized carbons (Fsp3) is 0.474. The van der Waals surface area contributed by atoms with E-state index in [0.29, 0.717) is 11.6 Å². The van der Waals surface area contributed by atoms with Crippen molar-refractivity contribution in [2.24, 2.45) is 0 Å². The van der Waals surface area contributed by atoms with Gasteiger partial charge in [-0.1, -0.05) is 41.5 Å². The fourth-order valence-corrected chi connectivity index (χ4v) is 2.58. The van der Waals surface area contributed by atoms with Crippen LogP contribution in [0.3, 0.4) is 0 Å². The minimum absolute atomic E-state index is 0.181. The summed E-state index contributed by atoms with van der Waals surface area (Å²) in [4.78, 5) is 15.1. The number of phenolic OH excluding ortho intramolecular Hbond substituents is 1. The zero-order valence-electron chi connectivity index (χ0n) is 15.1. The molecule has 0 aliphatic heterocycles. The molecule has 0 spiro atoms. The van der Waals surface area contributed by atoms with Crippen LogP contribution in [0, 0.1) is 0 Å². The molecular formula is C19H25NO4. The van der Waals surface area contributed by atoms with E-state index >= 15 is 0 Å². The van der Waals surface area contributed by atoms with Crippen molar-refractivity contribution in [3.05, 3.63) is 35.2 Å². The number of carboxylic acid groups (broad SMARTS) is 1. The molecule has 0 saturated carbocycles. The number of nitrogens with zero attached hydrogens (tertiary/aromatic N) is 1. The number of oxazole rings is 1. The van der Waals surface area contributed by atoms with Gasteiger partial charge >= 0.3 is 5.97 Å². The summed E-state index contributed by atoms with van der Waals surface area (Å²) in [6.07, 6.45) is 1.18. The molecule has 0 atom stereocenters. The highest BCUT2D eigenvalue weighted by Crippen LogP contribution is 2.41. The van der Waals surface area contributed by atoms with E-state index in [2.05, 4.69) is 4.98 Å². The van der Waals surface area contributed by atoms with Gasteiger partial charge in [0.15, 0.2) is 0 Å². The summed E-state index contributed by atoms with van der Waals surface area (Å²) in [5.74, 6) is -0.301. The summed E-state index contributed by atoms with van der Waals surface area (Å²) in [7, 11) is 0. The summed E-state index contributed by atoms with van der Waals surface area (Å²) in [5.41, 5.74) is 2.22. The van der Waals surface area contributed by atoms with Crippen LogP contribution < -0.4 is 0 Å². The predicted molar refractivity (Wildman–Crippen MR) is 92.3 cm³/mol. The average molecular weight is 331 g/mol. The van der Waals surface area contributed by atoms with Crippen LogP contribution in [-0.4, -0.2) is 21.2 Å². The minimum Gasteiger partial charge on any atom is -0.507 e. The Morgan fingerprint density at radius 1 is 1.08 bits per heavy atom. The Hall–Kier alpha value is -2.30. The van der Waals surface area contributed by atoms with Gasteiger partial charge in [0.1, 0.15) is 12.0 Å². The van der Waals surface area contributed by atoms with Gasteiger partial charge in [0.05, 0.1) is 12.1 Å². The molecule has 0 amide bonds. The molecule has 0 aliphatic rings. The van der Waals surface area contributed by atoms with E-state index in [0.717, 1.165) is 16.7 Å². The van der Waals surface area contributed by atoms with Crippen LogP contribution in [0.1, 0.15) is 58.4 Å². The second kappa shape index (κ2) is 5.96. The van der Waals surface area contributed by atoms with Crippen LogP contribution in [-0.2, 0) is 22.0 Å². The van der Waals surface area contributed by atoms with Crippen molar-refractivity contribution >= 4 is 5.97 Å². The summed E-state index contributed by atoms with van der Waals surface area (Å²) in [5, 5.41) is 19.6. The van der Waals surface area contributed by atoms with Crippen molar-refractivity contribution in [2.75, 3.05) is 0 Å². The second-order valence-corrected chi connectivity index (χ2v) is 8.13. The molecular weight excluding hydrogens is 306 g/mol. The van der Waals surface area contributed by atoms with Crippen LogP contribution in [0.25, 0.3) is 11.5 Å². The van der Waals surface area contributed by atoms with E-state index in [-0.39, 0.29) is 23.0 Å². The molecule has 2 N–H and O–H groups in total. The molecule has 5 heteroatoms. The molecule has 5 nitrogen and oxygen atoms in total. The van der Waals surface area contributed by atoms with Crippen molar-refractivity contribution in [3.63, 3.8) is 0 Å². The van der Waals surface area contributed by atoms with Crippen LogP contribution in [0.5, 0.6) is 5.75 Å². The SMILES string of the molecule is CC(C)(C)c1cc(-c2nc(CC(=O)O)co2)cc(C(C)(C)C)c1O. The topological polar surface area (TPSA) is 83.6 Å². The first-order valence-electron chi connectivity index (χ1n) is 7.94. The van der Waals surface area contributed by atoms with E-state index in [9.17, 15) is 9.90 Å². The number of carbonyl (C=O) groups is 1. The number of aromatic hydroxyl groups is 1. The van der Waals surface area contributed by atoms with Gasteiger partial charge in [-0.25, -0.2) is 4.98 Å². The third kappa shape index (κ3) is 3.78. The normalized spacial score (nSPS) is 12.4. The second-order valence-electron chi connectivity index (χ2n) is 8.13. The third-order valence-corrected chi connectivity index (χ3v) is 3.86. The first-order chi connectivity index (χ1) is 10.9. The quantitative estimate of drug-likeness (QED) is 0.877. The van der Waals surface area contributed by atoms with Gasteiger partial charge in [0.2, 0.25) is 5.89 Å². The summed E-state index contributed by atoms with van der Waals surface area (Å²) >= 11 is 0. The maximum atomic E-state index is 10.8. The molecule has 0 aliphatic carbocycles. The van der Waals surface area contributed by atoms with Crippen molar-refractivity contribution in [1.29, 1.82) is 0 Å². The lowest BCUT2D eigenvalue weighted by molar-refractivity contribution is -0.136. The molecule has 0 fully saturated rings. The molecule has 0 radical (unpaired) electrons. The number of carboxylic acids is 1. The van der Waals surface area contributed by atoms with Gasteiger partial charge in [-0.3, -0.25) is 4.79 Å². The highest BCUT2D eigenvalue weighted by molar-refractivity contribution is 5.70. The first-order valence-corrected chi connectivity index (χ1v) is 7.94. The molecule has 1 aromatic heterocycles. The zero-order chi connectivity index (χ0) is 18.3. The Bertz CT molecular complexity index is 725. The number of aliphatic carboxylic acids is 1. The van der Waals surface area contributed by atoms with Crippen molar-refractivity contribution in [1.82, 2.24) is 4.98 Å². The number of benzene rings is 1. The lowest BCUT2D eigenvalue weighted by atomic mass is 9.78. The Balaban J connectivity index is 2.62. The number of aromatic nitrogens is 1. The maximum absolute atomic E-state index is 10.8. The molecule has 0 saturated heterocycles. The highest BCUT2D eigenvalue weighted by atomic mass is 16.4. The standard InChI is InChI=1S/C19H25NO4/c1-18(2,3)13-7-11(8-14(16(13)23)19(4,5)6)17-20-12(10-24-17)9-15(21)22/h7-8,10,23H,9H2,1-6H3,(H,21,22). The number of rotatable bonds is 3. The van der Waals surface area contributed by atoms with Crippen molar-refractivity contribution < 1.29 is 19.4 Å². The third-order valence-electron chi connectivity index (χ3n) is 3.86. The largest absolute Gasteiger partial charge is 0.507 e. The molecule has 0 bridgehead atoms. The van der Waals surface area contributed by atoms with Gasteiger partial charge < -0.3 is 14.6 Å². The van der Waals surface area contributed by atoms with E-state index < -0.39 is 5.97 Å². The fourth-order valence-electron chi connectivity index (χ4n) is 2.58. The highest BCUT2D eigenvalue weighted by Gasteiger charge is 2.27. The van der Waals surface area contributed by atoms with Crippen LogP contribution in [0.2, 0.25) is 0 Å². The number of phenols is 1. The van der Waals surface area contributed by atoms with Crippen LogP contribution >= 0.6 is 0 Å². The summed E-state index contributed by atoms with van der Waals surface area (Å²) in [6.45, 7) is 12.2. The van der Waals surface area contributed by atoms with Gasteiger partial charge in [-0.05, 0) is 23.0 Å². The Labute approximate surface area is 142 Å². The molecule has 1 heterocycles. The van der Waals surface area contributed by atoms with Crippen LogP contribution in [0.4, 0.5) is 0 Å².